The second-order valence-electron chi connectivity index (χ2n) is 5.41. The number of carbonyl (C=O) groups is 1. The van der Waals surface area contributed by atoms with Crippen LogP contribution in [0.2, 0.25) is 0 Å². The number of fused-ring (bicyclic) bond motifs is 2. The lowest BCUT2D eigenvalue weighted by molar-refractivity contribution is -0.145. The van der Waals surface area contributed by atoms with Gasteiger partial charge in [0, 0.05) is 6.42 Å². The molecule has 5 unspecified atom stereocenters. The van der Waals surface area contributed by atoms with Crippen molar-refractivity contribution < 1.29 is 9.53 Å². The summed E-state index contributed by atoms with van der Waals surface area (Å²) in [6, 6.07) is 0. The van der Waals surface area contributed by atoms with E-state index in [-0.39, 0.29) is 5.97 Å². The number of hydrogen-bond donors (Lipinski definition) is 0. The molecule has 2 bridgehead atoms. The van der Waals surface area contributed by atoms with Gasteiger partial charge in [-0.05, 0) is 42.4 Å². The van der Waals surface area contributed by atoms with E-state index in [2.05, 4.69) is 13.8 Å². The molecule has 0 N–H and O–H groups in total. The fourth-order valence-electron chi connectivity index (χ4n) is 3.59. The van der Waals surface area contributed by atoms with E-state index in [0.717, 1.165) is 23.7 Å². The molecule has 2 rings (SSSR count). The molecule has 2 saturated carbocycles. The number of hydrogen-bond acceptors (Lipinski definition) is 2. The highest BCUT2D eigenvalue weighted by Crippen LogP contribution is 2.54. The second kappa shape index (κ2) is 4.15. The van der Waals surface area contributed by atoms with Gasteiger partial charge in [0.15, 0.2) is 0 Å². The first-order chi connectivity index (χ1) is 7.13. The SMILES string of the molecule is CCC(=O)OCC1CC2CC1C(C)C2C. The standard InChI is InChI=1S/C13H22O2/c1-4-13(14)15-7-11-5-10-6-12(11)9(3)8(10)2/h8-12H,4-7H2,1-3H3. The highest BCUT2D eigenvalue weighted by Gasteiger charge is 2.48. The lowest BCUT2D eigenvalue weighted by Crippen LogP contribution is -2.28. The minimum atomic E-state index is -0.0431. The van der Waals surface area contributed by atoms with Gasteiger partial charge in [-0.15, -0.1) is 0 Å². The molecule has 2 fully saturated rings. The minimum absolute atomic E-state index is 0.0431. The van der Waals surface area contributed by atoms with Crippen LogP contribution in [0.25, 0.3) is 0 Å². The zero-order valence-electron chi connectivity index (χ0n) is 10.0. The third-order valence-electron chi connectivity index (χ3n) is 4.78. The summed E-state index contributed by atoms with van der Waals surface area (Å²) in [4.78, 5) is 11.1. The molecule has 0 amide bonds. The van der Waals surface area contributed by atoms with E-state index in [0.29, 0.717) is 18.9 Å². The quantitative estimate of drug-likeness (QED) is 0.669. The van der Waals surface area contributed by atoms with Gasteiger partial charge in [0.1, 0.15) is 0 Å². The van der Waals surface area contributed by atoms with Crippen molar-refractivity contribution in [2.75, 3.05) is 6.61 Å². The van der Waals surface area contributed by atoms with Crippen LogP contribution >= 0.6 is 0 Å². The molecule has 0 saturated heterocycles. The van der Waals surface area contributed by atoms with Crippen molar-refractivity contribution in [1.82, 2.24) is 0 Å². The molecule has 86 valence electrons. The third kappa shape index (κ3) is 1.91. The molecule has 0 spiro atoms. The Morgan fingerprint density at radius 1 is 1.27 bits per heavy atom. The van der Waals surface area contributed by atoms with Crippen molar-refractivity contribution in [2.24, 2.45) is 29.6 Å². The monoisotopic (exact) mass is 210 g/mol. The van der Waals surface area contributed by atoms with Gasteiger partial charge in [-0.1, -0.05) is 20.8 Å². The summed E-state index contributed by atoms with van der Waals surface area (Å²) in [6.45, 7) is 7.27. The number of carbonyl (C=O) groups excluding carboxylic acids is 1. The van der Waals surface area contributed by atoms with Crippen molar-refractivity contribution in [2.45, 2.75) is 40.0 Å². The Hall–Kier alpha value is -0.530. The lowest BCUT2D eigenvalue weighted by atomic mass is 9.76. The molecular formula is C13H22O2. The van der Waals surface area contributed by atoms with Crippen molar-refractivity contribution in [3.63, 3.8) is 0 Å². The van der Waals surface area contributed by atoms with Crippen molar-refractivity contribution in [3.8, 4) is 0 Å². The molecular weight excluding hydrogens is 188 g/mol. The molecule has 0 aromatic heterocycles. The topological polar surface area (TPSA) is 26.3 Å². The summed E-state index contributed by atoms with van der Waals surface area (Å²) in [7, 11) is 0. The summed E-state index contributed by atoms with van der Waals surface area (Å²) < 4.78 is 5.27. The van der Waals surface area contributed by atoms with Gasteiger partial charge < -0.3 is 4.74 Å². The van der Waals surface area contributed by atoms with Crippen LogP contribution in [0.15, 0.2) is 0 Å². The summed E-state index contributed by atoms with van der Waals surface area (Å²) in [5.41, 5.74) is 0. The molecule has 0 heterocycles. The number of rotatable bonds is 3. The minimum Gasteiger partial charge on any atom is -0.465 e. The molecule has 0 aliphatic heterocycles. The highest BCUT2D eigenvalue weighted by atomic mass is 16.5. The van der Waals surface area contributed by atoms with E-state index < -0.39 is 0 Å². The molecule has 2 aliphatic carbocycles. The van der Waals surface area contributed by atoms with Crippen LogP contribution in [0.1, 0.15) is 40.0 Å². The number of esters is 1. The van der Waals surface area contributed by atoms with Crippen LogP contribution in [-0.2, 0) is 9.53 Å². The van der Waals surface area contributed by atoms with Gasteiger partial charge in [0.25, 0.3) is 0 Å². The van der Waals surface area contributed by atoms with Gasteiger partial charge in [0.2, 0.25) is 0 Å². The molecule has 5 atom stereocenters. The van der Waals surface area contributed by atoms with E-state index in [1.54, 1.807) is 0 Å². The van der Waals surface area contributed by atoms with Crippen LogP contribution in [0.3, 0.4) is 0 Å². The number of ether oxygens (including phenoxy) is 1. The Balaban J connectivity index is 1.85. The molecule has 2 nitrogen and oxygen atoms in total. The normalized spacial score (nSPS) is 43.3. The van der Waals surface area contributed by atoms with Crippen molar-refractivity contribution >= 4 is 5.97 Å². The summed E-state index contributed by atoms with van der Waals surface area (Å²) in [6.07, 6.45) is 3.16. The van der Waals surface area contributed by atoms with Crippen LogP contribution in [0, 0.1) is 29.6 Å². The third-order valence-corrected chi connectivity index (χ3v) is 4.78. The van der Waals surface area contributed by atoms with Gasteiger partial charge in [-0.3, -0.25) is 4.79 Å². The van der Waals surface area contributed by atoms with Crippen molar-refractivity contribution in [3.05, 3.63) is 0 Å². The van der Waals surface area contributed by atoms with Crippen LogP contribution in [-0.4, -0.2) is 12.6 Å². The van der Waals surface area contributed by atoms with Crippen LogP contribution < -0.4 is 0 Å². The van der Waals surface area contributed by atoms with Gasteiger partial charge in [0.05, 0.1) is 6.61 Å². The van der Waals surface area contributed by atoms with Gasteiger partial charge >= 0.3 is 5.97 Å². The van der Waals surface area contributed by atoms with E-state index in [4.69, 9.17) is 4.74 Å². The Morgan fingerprint density at radius 2 is 2.00 bits per heavy atom. The van der Waals surface area contributed by atoms with Gasteiger partial charge in [-0.2, -0.15) is 0 Å². The second-order valence-corrected chi connectivity index (χ2v) is 5.41. The van der Waals surface area contributed by atoms with E-state index in [9.17, 15) is 4.79 Å². The van der Waals surface area contributed by atoms with E-state index in [1.807, 2.05) is 6.92 Å². The lowest BCUT2D eigenvalue weighted by Gasteiger charge is -2.31. The Labute approximate surface area is 92.4 Å². The zero-order valence-corrected chi connectivity index (χ0v) is 10.0. The highest BCUT2D eigenvalue weighted by molar-refractivity contribution is 5.68. The Morgan fingerprint density at radius 3 is 2.53 bits per heavy atom. The Kier molecular flexibility index (Phi) is 3.03. The first kappa shape index (κ1) is 11.0. The molecule has 15 heavy (non-hydrogen) atoms. The van der Waals surface area contributed by atoms with Crippen LogP contribution in [0.5, 0.6) is 0 Å². The first-order valence-electron chi connectivity index (χ1n) is 6.29. The molecule has 2 aliphatic rings. The predicted octanol–water partition coefficient (Wildman–Crippen LogP) is 2.87. The van der Waals surface area contributed by atoms with E-state index in [1.165, 1.54) is 12.8 Å². The van der Waals surface area contributed by atoms with Crippen LogP contribution in [0.4, 0.5) is 0 Å². The molecule has 0 aromatic rings. The molecule has 0 radical (unpaired) electrons. The Bertz CT molecular complexity index is 247. The maximum absolute atomic E-state index is 11.1. The zero-order chi connectivity index (χ0) is 11.0. The maximum atomic E-state index is 11.1. The first-order valence-corrected chi connectivity index (χ1v) is 6.29. The fraction of sp³-hybridized carbons (Fsp3) is 0.923. The average Bonchev–Trinajstić information content (AvgIpc) is 2.76. The average molecular weight is 210 g/mol. The summed E-state index contributed by atoms with van der Waals surface area (Å²) in [5, 5.41) is 0. The summed E-state index contributed by atoms with van der Waals surface area (Å²) >= 11 is 0. The van der Waals surface area contributed by atoms with E-state index >= 15 is 0 Å². The smallest absolute Gasteiger partial charge is 0.305 e. The van der Waals surface area contributed by atoms with Crippen molar-refractivity contribution in [1.29, 1.82) is 0 Å². The van der Waals surface area contributed by atoms with Gasteiger partial charge in [-0.25, -0.2) is 0 Å². The fourth-order valence-corrected chi connectivity index (χ4v) is 3.59. The summed E-state index contributed by atoms with van der Waals surface area (Å²) in [5.74, 6) is 4.03. The molecule has 2 heteroatoms. The molecule has 0 aromatic carbocycles. The maximum Gasteiger partial charge on any atom is 0.305 e. The largest absolute Gasteiger partial charge is 0.465 e. The predicted molar refractivity (Wildman–Crippen MR) is 59.3 cm³/mol.